The molecule has 0 aliphatic carbocycles. The third-order valence-corrected chi connectivity index (χ3v) is 3.22. The number of carboxylic acids is 1. The van der Waals surface area contributed by atoms with Crippen LogP contribution in [0.15, 0.2) is 48.1 Å². The molecule has 0 aromatic rings. The number of unbranched alkanes of at least 4 members (excludes halogenated alkanes) is 1. The molecule has 0 bridgehead atoms. The van der Waals surface area contributed by atoms with Crippen LogP contribution < -0.4 is 0 Å². The Morgan fingerprint density at radius 1 is 0.875 bits per heavy atom. The van der Waals surface area contributed by atoms with Crippen LogP contribution in [0.5, 0.6) is 0 Å². The Morgan fingerprint density at radius 3 is 1.72 bits per heavy atom. The molecule has 182 valence electrons. The topological polar surface area (TPSA) is 136 Å². The zero-order chi connectivity index (χ0) is 25.7. The molecule has 2 N–H and O–H groups in total. The molecule has 0 spiro atoms. The van der Waals surface area contributed by atoms with Crippen LogP contribution in [0, 0.1) is 0 Å². The fraction of sp³-hybridized carbons (Fsp3) is 0.478. The Morgan fingerprint density at radius 2 is 1.38 bits per heavy atom. The number of carbonyl (C=O) groups is 4. The van der Waals surface area contributed by atoms with E-state index in [1.165, 1.54) is 20.1 Å². The molecule has 0 aromatic carbocycles. The van der Waals surface area contributed by atoms with Gasteiger partial charge in [-0.1, -0.05) is 39.2 Å². The van der Waals surface area contributed by atoms with Crippen molar-refractivity contribution < 1.29 is 43.6 Å². The van der Waals surface area contributed by atoms with Crippen molar-refractivity contribution in [1.82, 2.24) is 0 Å². The maximum Gasteiger partial charge on any atom is 0.333 e. The lowest BCUT2D eigenvalue weighted by Crippen LogP contribution is -2.10. The van der Waals surface area contributed by atoms with Gasteiger partial charge in [0.05, 0.1) is 20.3 Å². The number of aliphatic hydroxyl groups excluding tert-OH is 1. The summed E-state index contributed by atoms with van der Waals surface area (Å²) in [5, 5.41) is 16.9. The quantitative estimate of drug-likeness (QED) is 0.208. The second kappa shape index (κ2) is 21.0. The number of hydrogen-bond donors (Lipinski definition) is 2. The summed E-state index contributed by atoms with van der Waals surface area (Å²) in [6, 6.07) is 0. The van der Waals surface area contributed by atoms with Crippen LogP contribution in [-0.4, -0.2) is 61.0 Å². The molecule has 32 heavy (non-hydrogen) atoms. The van der Waals surface area contributed by atoms with Gasteiger partial charge in [-0.2, -0.15) is 0 Å². The van der Waals surface area contributed by atoms with Gasteiger partial charge in [-0.05, 0) is 33.6 Å². The summed E-state index contributed by atoms with van der Waals surface area (Å²) in [5.41, 5.74) is 1.20. The van der Waals surface area contributed by atoms with Crippen LogP contribution in [0.25, 0.3) is 0 Å². The number of ether oxygens (including phenoxy) is 3. The number of methoxy groups -OCH3 is 1. The van der Waals surface area contributed by atoms with Gasteiger partial charge in [0, 0.05) is 22.3 Å². The van der Waals surface area contributed by atoms with E-state index in [9.17, 15) is 19.2 Å². The van der Waals surface area contributed by atoms with Gasteiger partial charge >= 0.3 is 23.9 Å². The zero-order valence-electron chi connectivity index (χ0n) is 19.7. The molecule has 0 unspecified atom stereocenters. The van der Waals surface area contributed by atoms with Gasteiger partial charge in [-0.25, -0.2) is 19.2 Å². The van der Waals surface area contributed by atoms with Crippen molar-refractivity contribution in [2.45, 2.75) is 47.0 Å². The predicted octanol–water partition coefficient (Wildman–Crippen LogP) is 3.14. The molecular formula is C23H36O9. The van der Waals surface area contributed by atoms with Crippen LogP contribution in [0.3, 0.4) is 0 Å². The minimum absolute atomic E-state index is 0.0838. The molecule has 0 saturated carbocycles. The molecule has 9 nitrogen and oxygen atoms in total. The average Bonchev–Trinajstić information content (AvgIpc) is 2.75. The summed E-state index contributed by atoms with van der Waals surface area (Å²) in [4.78, 5) is 42.4. The Balaban J connectivity index is -0.000000427. The smallest absolute Gasteiger partial charge is 0.333 e. The van der Waals surface area contributed by atoms with Gasteiger partial charge in [-0.15, -0.1) is 0 Å². The number of aliphatic hydroxyl groups is 1. The van der Waals surface area contributed by atoms with E-state index in [2.05, 4.69) is 36.1 Å². The van der Waals surface area contributed by atoms with Gasteiger partial charge < -0.3 is 24.4 Å². The lowest BCUT2D eigenvalue weighted by molar-refractivity contribution is -0.140. The number of rotatable bonds is 11. The first-order valence-corrected chi connectivity index (χ1v) is 9.77. The Hall–Kier alpha value is -3.20. The normalized spacial score (nSPS) is 9.62. The van der Waals surface area contributed by atoms with E-state index in [-0.39, 0.29) is 42.7 Å². The van der Waals surface area contributed by atoms with Crippen molar-refractivity contribution in [3.63, 3.8) is 0 Å². The van der Waals surface area contributed by atoms with E-state index in [1.54, 1.807) is 13.8 Å². The number of esters is 3. The monoisotopic (exact) mass is 456 g/mol. The van der Waals surface area contributed by atoms with E-state index >= 15 is 0 Å². The SMILES string of the molecule is C=C(C)C(=O)OC.C=C(C)C(=O)OCCCC.C=C(CC=C(C)C(=O)O)C(=O)OCCO. The molecule has 9 heteroatoms. The molecule has 0 atom stereocenters. The van der Waals surface area contributed by atoms with Gasteiger partial charge in [0.25, 0.3) is 0 Å². The number of allylic oxidation sites excluding steroid dienone is 1. The van der Waals surface area contributed by atoms with Crippen molar-refractivity contribution in [3.05, 3.63) is 48.1 Å². The first-order valence-electron chi connectivity index (χ1n) is 9.77. The third kappa shape index (κ3) is 21.5. The Bertz CT molecular complexity index is 688. The van der Waals surface area contributed by atoms with Gasteiger partial charge in [0.1, 0.15) is 6.61 Å². The van der Waals surface area contributed by atoms with Crippen molar-refractivity contribution in [3.8, 4) is 0 Å². The van der Waals surface area contributed by atoms with E-state index in [4.69, 9.17) is 14.9 Å². The fourth-order valence-corrected chi connectivity index (χ4v) is 1.29. The summed E-state index contributed by atoms with van der Waals surface area (Å²) in [5.74, 6) is -2.29. The van der Waals surface area contributed by atoms with Gasteiger partial charge in [-0.3, -0.25) is 0 Å². The summed E-state index contributed by atoms with van der Waals surface area (Å²) in [6.45, 7) is 17.2. The maximum atomic E-state index is 11.1. The first kappa shape index (κ1) is 33.4. The fourth-order valence-electron chi connectivity index (χ4n) is 1.29. The number of carbonyl (C=O) groups excluding carboxylic acids is 3. The summed E-state index contributed by atoms with van der Waals surface area (Å²) in [6.07, 6.45) is 3.48. The molecule has 0 amide bonds. The van der Waals surface area contributed by atoms with Crippen LogP contribution in [0.4, 0.5) is 0 Å². The highest BCUT2D eigenvalue weighted by Crippen LogP contribution is 2.05. The summed E-state index contributed by atoms with van der Waals surface area (Å²) >= 11 is 0. The van der Waals surface area contributed by atoms with Crippen molar-refractivity contribution in [1.29, 1.82) is 0 Å². The zero-order valence-corrected chi connectivity index (χ0v) is 19.7. The van der Waals surface area contributed by atoms with Crippen LogP contribution >= 0.6 is 0 Å². The Labute approximate surface area is 190 Å². The van der Waals surface area contributed by atoms with Crippen molar-refractivity contribution >= 4 is 23.9 Å². The largest absolute Gasteiger partial charge is 0.478 e. The molecule has 0 aromatic heterocycles. The second-order valence-corrected chi connectivity index (χ2v) is 6.40. The molecule has 0 saturated heterocycles. The van der Waals surface area contributed by atoms with Crippen LogP contribution in [0.1, 0.15) is 47.0 Å². The highest BCUT2D eigenvalue weighted by Gasteiger charge is 2.07. The molecule has 0 rings (SSSR count). The van der Waals surface area contributed by atoms with Gasteiger partial charge in [0.2, 0.25) is 0 Å². The molecule has 0 radical (unpaired) electrons. The molecule has 0 aliphatic heterocycles. The molecular weight excluding hydrogens is 420 g/mol. The van der Waals surface area contributed by atoms with Crippen LogP contribution in [-0.2, 0) is 33.4 Å². The highest BCUT2D eigenvalue weighted by molar-refractivity contribution is 5.89. The minimum atomic E-state index is -1.04. The predicted molar refractivity (Wildman–Crippen MR) is 121 cm³/mol. The summed E-state index contributed by atoms with van der Waals surface area (Å²) in [7, 11) is 1.33. The number of carboxylic acid groups (broad SMARTS) is 1. The minimum Gasteiger partial charge on any atom is -0.478 e. The van der Waals surface area contributed by atoms with Crippen molar-refractivity contribution in [2.75, 3.05) is 26.9 Å². The average molecular weight is 457 g/mol. The lowest BCUT2D eigenvalue weighted by atomic mass is 10.1. The Kier molecular flexibility index (Phi) is 22.0. The lowest BCUT2D eigenvalue weighted by Gasteiger charge is -2.03. The number of hydrogen-bond acceptors (Lipinski definition) is 8. The first-order chi connectivity index (χ1) is 14.8. The molecule has 0 heterocycles. The van der Waals surface area contributed by atoms with E-state index in [0.29, 0.717) is 17.8 Å². The van der Waals surface area contributed by atoms with E-state index < -0.39 is 11.9 Å². The maximum absolute atomic E-state index is 11.1. The second-order valence-electron chi connectivity index (χ2n) is 6.40. The molecule has 0 fully saturated rings. The van der Waals surface area contributed by atoms with Crippen molar-refractivity contribution in [2.24, 2.45) is 0 Å². The molecule has 0 aliphatic rings. The highest BCUT2D eigenvalue weighted by atomic mass is 16.5. The van der Waals surface area contributed by atoms with Gasteiger partial charge in [0.15, 0.2) is 0 Å². The van der Waals surface area contributed by atoms with Crippen LogP contribution in [0.2, 0.25) is 0 Å². The number of aliphatic carboxylic acids is 1. The summed E-state index contributed by atoms with van der Waals surface area (Å²) < 4.78 is 13.7. The van der Waals surface area contributed by atoms with E-state index in [0.717, 1.165) is 12.8 Å². The van der Waals surface area contributed by atoms with E-state index in [1.807, 2.05) is 0 Å². The third-order valence-electron chi connectivity index (χ3n) is 3.22. The standard InChI is InChI=1S/C10H14O5.C8H14O2.C5H8O2/c1-7(9(12)13)3-4-8(2)10(14)15-6-5-11;1-4-5-6-10-8(9)7(2)3;1-4(2)5(6)7-3/h3,11H,2,4-6H2,1H3,(H,12,13);2,4-6H2,1,3H3;1H2,2-3H3.